The van der Waals surface area contributed by atoms with Crippen molar-refractivity contribution >= 4 is 17.2 Å². The average molecular weight is 235 g/mol. The number of aliphatic hydroxyl groups excluding tert-OH is 1. The van der Waals surface area contributed by atoms with Gasteiger partial charge in [0, 0.05) is 5.38 Å². The summed E-state index contributed by atoms with van der Waals surface area (Å²) in [4.78, 5) is 11.4. The number of carbonyl (C=O) groups is 1. The molecule has 84 valence electrons. The fraction of sp³-hybridized carbons (Fsp3) is 0.444. The Kier molecular flexibility index (Phi) is 3.76. The van der Waals surface area contributed by atoms with Crippen molar-refractivity contribution in [3.05, 3.63) is 21.9 Å². The number of hydrogen-bond acceptors (Lipinski definition) is 3. The zero-order valence-electron chi connectivity index (χ0n) is 8.09. The summed E-state index contributed by atoms with van der Waals surface area (Å²) in [5.41, 5.74) is 1.15. The molecule has 0 saturated carbocycles. The van der Waals surface area contributed by atoms with Crippen molar-refractivity contribution in [2.45, 2.75) is 12.8 Å². The van der Waals surface area contributed by atoms with E-state index in [-0.39, 0.29) is 0 Å². The molecule has 2 N–H and O–H groups in total. The quantitative estimate of drug-likeness (QED) is 0.829. The largest absolute Gasteiger partial charge is 0.390 e. The van der Waals surface area contributed by atoms with E-state index in [9.17, 15) is 13.6 Å². The van der Waals surface area contributed by atoms with E-state index in [1.807, 2.05) is 0 Å². The van der Waals surface area contributed by atoms with Crippen LogP contribution in [0.25, 0.3) is 0 Å². The molecule has 1 amide bonds. The smallest absolute Gasteiger partial charge is 0.287 e. The number of aryl methyl sites for hydroxylation is 1. The average Bonchev–Trinajstić information content (AvgIpc) is 2.61. The molecule has 0 bridgehead atoms. The van der Waals surface area contributed by atoms with Crippen LogP contribution in [-0.2, 0) is 0 Å². The van der Waals surface area contributed by atoms with Crippen molar-refractivity contribution in [2.24, 2.45) is 0 Å². The Morgan fingerprint density at radius 3 is 2.73 bits per heavy atom. The second kappa shape index (κ2) is 4.67. The number of halogens is 2. The van der Waals surface area contributed by atoms with Crippen molar-refractivity contribution in [2.75, 3.05) is 13.2 Å². The van der Waals surface area contributed by atoms with E-state index in [4.69, 9.17) is 5.11 Å². The SMILES string of the molecule is Cc1cscc1C(=O)NCC(F)(F)CO. The molecule has 15 heavy (non-hydrogen) atoms. The molecule has 0 aliphatic heterocycles. The molecular formula is C9H11F2NO2S. The minimum Gasteiger partial charge on any atom is -0.390 e. The molecule has 1 aromatic rings. The first-order valence-corrected chi connectivity index (χ1v) is 5.20. The van der Waals surface area contributed by atoms with Gasteiger partial charge in [0.05, 0.1) is 12.1 Å². The molecule has 0 unspecified atom stereocenters. The van der Waals surface area contributed by atoms with Crippen molar-refractivity contribution in [1.29, 1.82) is 0 Å². The first-order valence-electron chi connectivity index (χ1n) is 4.26. The van der Waals surface area contributed by atoms with Crippen molar-refractivity contribution in [1.82, 2.24) is 5.32 Å². The second-order valence-electron chi connectivity index (χ2n) is 3.17. The lowest BCUT2D eigenvalue weighted by atomic mass is 10.2. The number of rotatable bonds is 4. The normalized spacial score (nSPS) is 11.5. The lowest BCUT2D eigenvalue weighted by Crippen LogP contribution is -2.39. The van der Waals surface area contributed by atoms with Gasteiger partial charge in [0.2, 0.25) is 0 Å². The molecule has 1 heterocycles. The number of amides is 1. The Balaban J connectivity index is 2.55. The maximum absolute atomic E-state index is 12.6. The number of carbonyl (C=O) groups excluding carboxylic acids is 1. The first kappa shape index (κ1) is 12.1. The number of thiophene rings is 1. The lowest BCUT2D eigenvalue weighted by Gasteiger charge is -2.13. The molecule has 0 aromatic carbocycles. The molecule has 6 heteroatoms. The number of aliphatic hydroxyl groups is 1. The Morgan fingerprint density at radius 1 is 1.60 bits per heavy atom. The van der Waals surface area contributed by atoms with Crippen LogP contribution in [0.15, 0.2) is 10.8 Å². The minimum atomic E-state index is -3.26. The van der Waals surface area contributed by atoms with Crippen LogP contribution >= 0.6 is 11.3 Å². The van der Waals surface area contributed by atoms with E-state index >= 15 is 0 Å². The summed E-state index contributed by atoms with van der Waals surface area (Å²) in [7, 11) is 0. The second-order valence-corrected chi connectivity index (χ2v) is 3.91. The van der Waals surface area contributed by atoms with E-state index in [2.05, 4.69) is 5.32 Å². The van der Waals surface area contributed by atoms with Gasteiger partial charge in [-0.3, -0.25) is 4.79 Å². The maximum Gasteiger partial charge on any atom is 0.287 e. The molecule has 0 aliphatic rings. The molecular weight excluding hydrogens is 224 g/mol. The molecule has 1 aromatic heterocycles. The molecule has 3 nitrogen and oxygen atoms in total. The van der Waals surface area contributed by atoms with Crippen LogP contribution in [0, 0.1) is 6.92 Å². The fourth-order valence-electron chi connectivity index (χ4n) is 0.954. The van der Waals surface area contributed by atoms with Crippen LogP contribution in [0.1, 0.15) is 15.9 Å². The van der Waals surface area contributed by atoms with Gasteiger partial charge in [-0.2, -0.15) is 11.3 Å². The summed E-state index contributed by atoms with van der Waals surface area (Å²) in [6.45, 7) is -0.386. The summed E-state index contributed by atoms with van der Waals surface area (Å²) >= 11 is 1.34. The van der Waals surface area contributed by atoms with Crippen LogP contribution in [0.3, 0.4) is 0 Å². The van der Waals surface area contributed by atoms with Gasteiger partial charge in [0.25, 0.3) is 11.8 Å². The van der Waals surface area contributed by atoms with Crippen LogP contribution in [0.5, 0.6) is 0 Å². The fourth-order valence-corrected chi connectivity index (χ4v) is 1.78. The van der Waals surface area contributed by atoms with Crippen molar-refractivity contribution in [3.8, 4) is 0 Å². The van der Waals surface area contributed by atoms with E-state index in [1.54, 1.807) is 17.7 Å². The molecule has 0 fully saturated rings. The highest BCUT2D eigenvalue weighted by Gasteiger charge is 2.28. The molecule has 1 rings (SSSR count). The van der Waals surface area contributed by atoms with Crippen molar-refractivity contribution in [3.63, 3.8) is 0 Å². The summed E-state index contributed by atoms with van der Waals surface area (Å²) in [6.07, 6.45) is 0. The highest BCUT2D eigenvalue weighted by atomic mass is 32.1. The summed E-state index contributed by atoms with van der Waals surface area (Å²) < 4.78 is 25.2. The number of hydrogen-bond donors (Lipinski definition) is 2. The topological polar surface area (TPSA) is 49.3 Å². The summed E-state index contributed by atoms with van der Waals surface area (Å²) in [6, 6.07) is 0. The Labute approximate surface area is 89.7 Å². The van der Waals surface area contributed by atoms with E-state index in [0.29, 0.717) is 5.56 Å². The predicted molar refractivity (Wildman–Crippen MR) is 53.4 cm³/mol. The Bertz CT molecular complexity index is 352. The van der Waals surface area contributed by atoms with Gasteiger partial charge in [-0.1, -0.05) is 0 Å². The minimum absolute atomic E-state index is 0.397. The third-order valence-corrected chi connectivity index (χ3v) is 2.70. The van der Waals surface area contributed by atoms with Crippen LogP contribution < -0.4 is 5.32 Å². The molecule has 0 atom stereocenters. The van der Waals surface area contributed by atoms with Gasteiger partial charge in [-0.25, -0.2) is 8.78 Å². The number of nitrogens with one attached hydrogen (secondary N) is 1. The monoisotopic (exact) mass is 235 g/mol. The molecule has 0 radical (unpaired) electrons. The molecule has 0 saturated heterocycles. The zero-order chi connectivity index (χ0) is 11.5. The van der Waals surface area contributed by atoms with E-state index < -0.39 is 25.0 Å². The summed E-state index contributed by atoms with van der Waals surface area (Å²) in [5.74, 6) is -3.80. The molecule has 0 aliphatic carbocycles. The maximum atomic E-state index is 12.6. The van der Waals surface area contributed by atoms with Crippen LogP contribution in [0.2, 0.25) is 0 Å². The lowest BCUT2D eigenvalue weighted by molar-refractivity contribution is -0.0462. The van der Waals surface area contributed by atoms with Crippen molar-refractivity contribution < 1.29 is 18.7 Å². The summed E-state index contributed by atoms with van der Waals surface area (Å²) in [5, 5.41) is 13.7. The number of alkyl halides is 2. The van der Waals surface area contributed by atoms with E-state index in [0.717, 1.165) is 5.56 Å². The first-order chi connectivity index (χ1) is 6.96. The zero-order valence-corrected chi connectivity index (χ0v) is 8.91. The van der Waals surface area contributed by atoms with E-state index in [1.165, 1.54) is 11.3 Å². The third-order valence-electron chi connectivity index (χ3n) is 1.84. The third kappa shape index (κ3) is 3.24. The highest BCUT2D eigenvalue weighted by molar-refractivity contribution is 7.08. The predicted octanol–water partition coefficient (Wildman–Crippen LogP) is 1.41. The van der Waals surface area contributed by atoms with Crippen LogP contribution in [0.4, 0.5) is 8.78 Å². The van der Waals surface area contributed by atoms with Crippen LogP contribution in [-0.4, -0.2) is 30.1 Å². The van der Waals surface area contributed by atoms with Gasteiger partial charge in [0.1, 0.15) is 6.61 Å². The standard InChI is InChI=1S/C9H11F2NO2S/c1-6-2-15-3-7(6)8(14)12-4-9(10,11)5-13/h2-3,13H,4-5H2,1H3,(H,12,14). The highest BCUT2D eigenvalue weighted by Crippen LogP contribution is 2.14. The van der Waals surface area contributed by atoms with Gasteiger partial charge < -0.3 is 10.4 Å². The Hall–Kier alpha value is -1.01. The van der Waals surface area contributed by atoms with Gasteiger partial charge in [-0.05, 0) is 17.9 Å². The van der Waals surface area contributed by atoms with Gasteiger partial charge >= 0.3 is 0 Å². The molecule has 0 spiro atoms. The Morgan fingerprint density at radius 2 is 2.27 bits per heavy atom. The van der Waals surface area contributed by atoms with Gasteiger partial charge in [0.15, 0.2) is 0 Å². The van der Waals surface area contributed by atoms with Gasteiger partial charge in [-0.15, -0.1) is 0 Å².